The maximum Gasteiger partial charge on any atom is 0.143 e. The summed E-state index contributed by atoms with van der Waals surface area (Å²) in [5, 5.41) is 14.8. The van der Waals surface area contributed by atoms with Crippen LogP contribution in [0.4, 0.5) is 0 Å². The zero-order chi connectivity index (χ0) is 37.4. The average molecular weight is 737 g/mol. The molecule has 0 fully saturated rings. The van der Waals surface area contributed by atoms with Crippen LogP contribution in [0.3, 0.4) is 0 Å². The zero-order valence-corrected chi connectivity index (χ0v) is 30.9. The van der Waals surface area contributed by atoms with Gasteiger partial charge >= 0.3 is 0 Å². The van der Waals surface area contributed by atoms with Gasteiger partial charge in [-0.3, -0.25) is 0 Å². The first-order valence-corrected chi connectivity index (χ1v) is 19.9. The average Bonchev–Trinajstić information content (AvgIpc) is 4.12. The van der Waals surface area contributed by atoms with Gasteiger partial charge in [0.25, 0.3) is 0 Å². The number of furan rings is 2. The van der Waals surface area contributed by atoms with Crippen LogP contribution in [0, 0.1) is 0 Å². The quantitative estimate of drug-likeness (QED) is 0.177. The largest absolute Gasteiger partial charge is 0.455 e. The Kier molecular flexibility index (Phi) is 5.14. The molecule has 0 spiro atoms. The van der Waals surface area contributed by atoms with Crippen molar-refractivity contribution in [3.8, 4) is 22.3 Å². The van der Waals surface area contributed by atoms with E-state index in [4.69, 9.17) is 8.83 Å². The topological polar surface area (TPSA) is 35.1 Å². The van der Waals surface area contributed by atoms with Crippen LogP contribution in [0.25, 0.3) is 142 Å². The van der Waals surface area contributed by atoms with E-state index >= 15 is 0 Å². The molecule has 266 valence electrons. The minimum Gasteiger partial charge on any atom is -0.455 e. The Bertz CT molecular complexity index is 3990. The van der Waals surface area contributed by atoms with Crippen molar-refractivity contribution in [2.45, 2.75) is 0 Å². The molecule has 9 aromatic carbocycles. The van der Waals surface area contributed by atoms with Gasteiger partial charge in [-0.1, -0.05) is 121 Å². The number of benzene rings is 9. The lowest BCUT2D eigenvalue weighted by atomic mass is 9.95. The van der Waals surface area contributed by atoms with E-state index in [9.17, 15) is 0 Å². The number of rotatable bonds is 2. The maximum atomic E-state index is 6.58. The predicted molar refractivity (Wildman–Crippen MR) is 241 cm³/mol. The van der Waals surface area contributed by atoms with Crippen molar-refractivity contribution < 1.29 is 8.83 Å². The Morgan fingerprint density at radius 2 is 0.672 bits per heavy atom. The first-order chi connectivity index (χ1) is 28.8. The molecule has 0 aliphatic carbocycles. The van der Waals surface area contributed by atoms with Crippen molar-refractivity contribution in [1.29, 1.82) is 0 Å². The van der Waals surface area contributed by atoms with Gasteiger partial charge in [0.2, 0.25) is 0 Å². The fraction of sp³-hybridized carbons (Fsp3) is 0. The lowest BCUT2D eigenvalue weighted by Crippen LogP contribution is -1.82. The van der Waals surface area contributed by atoms with Crippen LogP contribution in [0.15, 0.2) is 179 Å². The highest BCUT2D eigenvalue weighted by Gasteiger charge is 2.29. The molecule has 0 atom stereocenters. The van der Waals surface area contributed by atoms with Gasteiger partial charge in [0, 0.05) is 75.8 Å². The molecule has 15 rings (SSSR count). The highest BCUT2D eigenvalue weighted by Crippen LogP contribution is 2.53. The van der Waals surface area contributed by atoms with E-state index in [0.29, 0.717) is 0 Å². The Balaban J connectivity index is 1.12. The van der Waals surface area contributed by atoms with Gasteiger partial charge in [-0.05, 0) is 59.7 Å². The summed E-state index contributed by atoms with van der Waals surface area (Å²) in [6.07, 6.45) is 0. The Morgan fingerprint density at radius 3 is 1.16 bits per heavy atom. The zero-order valence-electron chi connectivity index (χ0n) is 30.9. The predicted octanol–water partition coefficient (Wildman–Crippen LogP) is 15.1. The summed E-state index contributed by atoms with van der Waals surface area (Å²) < 4.78 is 18.2. The molecular formula is C54H28N2O2. The van der Waals surface area contributed by atoms with Gasteiger partial charge in [0.05, 0.1) is 33.1 Å². The number of nitrogens with zero attached hydrogens (tertiary/aromatic N) is 2. The summed E-state index contributed by atoms with van der Waals surface area (Å²) >= 11 is 0. The number of fused-ring (bicyclic) bond motifs is 20. The molecule has 0 saturated heterocycles. The molecule has 58 heavy (non-hydrogen) atoms. The normalized spacial score (nSPS) is 12.8. The molecule has 0 N–H and O–H groups in total. The first-order valence-electron chi connectivity index (χ1n) is 19.9. The van der Waals surface area contributed by atoms with E-state index in [2.05, 4.69) is 167 Å². The lowest BCUT2D eigenvalue weighted by Gasteiger charge is -2.06. The van der Waals surface area contributed by atoms with E-state index in [-0.39, 0.29) is 0 Å². The van der Waals surface area contributed by atoms with Crippen LogP contribution in [0.1, 0.15) is 0 Å². The van der Waals surface area contributed by atoms with Crippen LogP contribution < -0.4 is 0 Å². The van der Waals surface area contributed by atoms with E-state index in [1.807, 2.05) is 12.1 Å². The fourth-order valence-corrected chi connectivity index (χ4v) is 10.9. The molecule has 15 aromatic rings. The molecule has 4 nitrogen and oxygen atoms in total. The summed E-state index contributed by atoms with van der Waals surface area (Å²) in [6.45, 7) is 0. The van der Waals surface area contributed by atoms with Crippen molar-refractivity contribution in [3.05, 3.63) is 170 Å². The molecule has 0 amide bonds. The summed E-state index contributed by atoms with van der Waals surface area (Å²) in [5.41, 5.74) is 15.6. The molecular weight excluding hydrogens is 709 g/mol. The number of hydrogen-bond donors (Lipinski definition) is 0. The molecule has 4 heteroatoms. The Hall–Kier alpha value is -7.82. The van der Waals surface area contributed by atoms with Crippen LogP contribution >= 0.6 is 0 Å². The van der Waals surface area contributed by atoms with Gasteiger partial charge in [0.15, 0.2) is 0 Å². The van der Waals surface area contributed by atoms with Crippen LogP contribution in [-0.2, 0) is 0 Å². The minimum atomic E-state index is 0.913. The second kappa shape index (κ2) is 10.1. The van der Waals surface area contributed by atoms with Crippen LogP contribution in [0.5, 0.6) is 0 Å². The van der Waals surface area contributed by atoms with E-state index in [0.717, 1.165) is 66.1 Å². The summed E-state index contributed by atoms with van der Waals surface area (Å²) in [5.74, 6) is 0. The Morgan fingerprint density at radius 1 is 0.293 bits per heavy atom. The van der Waals surface area contributed by atoms with Crippen molar-refractivity contribution >= 4 is 120 Å². The third-order valence-corrected chi connectivity index (χ3v) is 13.2. The van der Waals surface area contributed by atoms with Crippen molar-refractivity contribution in [1.82, 2.24) is 8.80 Å². The van der Waals surface area contributed by atoms with E-state index in [1.54, 1.807) is 0 Å². The third-order valence-electron chi connectivity index (χ3n) is 13.2. The Labute approximate surface area is 328 Å². The van der Waals surface area contributed by atoms with Crippen molar-refractivity contribution in [2.24, 2.45) is 0 Å². The molecule has 0 unspecified atom stereocenters. The number of aromatic nitrogens is 2. The minimum absolute atomic E-state index is 0.913. The summed E-state index contributed by atoms with van der Waals surface area (Å²) in [4.78, 5) is 0. The van der Waals surface area contributed by atoms with Crippen LogP contribution in [0.2, 0.25) is 0 Å². The van der Waals surface area contributed by atoms with Crippen molar-refractivity contribution in [3.63, 3.8) is 0 Å². The highest BCUT2D eigenvalue weighted by atomic mass is 16.3. The smallest absolute Gasteiger partial charge is 0.143 e. The molecule has 6 heterocycles. The highest BCUT2D eigenvalue weighted by molar-refractivity contribution is 6.45. The molecule has 6 aromatic heterocycles. The van der Waals surface area contributed by atoms with Gasteiger partial charge in [-0.15, -0.1) is 0 Å². The van der Waals surface area contributed by atoms with Gasteiger partial charge in [0.1, 0.15) is 22.3 Å². The standard InChI is InChI=1S/C54H28N2O2/c1-5-19-41-37(13-1)47-49-39-27-29(31-15-9-17-35-33-11-3-7-21-45(33)57-53(31)35)24-26-44(39)56-42-20-6-2-14-38(42)48(52(49)56)50-40-28-30(23-25-43(40)55(41)51(47)50)32-16-10-18-36-34-12-4-8-22-46(34)58-54(32)36/h1-28H. The van der Waals surface area contributed by atoms with Crippen LogP contribution in [-0.4, -0.2) is 8.80 Å². The molecule has 0 aliphatic heterocycles. The summed E-state index contributed by atoms with van der Waals surface area (Å²) in [7, 11) is 0. The second-order valence-corrected chi connectivity index (χ2v) is 15.9. The monoisotopic (exact) mass is 736 g/mol. The van der Waals surface area contributed by atoms with Crippen molar-refractivity contribution in [2.75, 3.05) is 0 Å². The van der Waals surface area contributed by atoms with E-state index in [1.165, 1.54) is 76.2 Å². The summed E-state index contributed by atoms with van der Waals surface area (Å²) in [6, 6.07) is 61.7. The van der Waals surface area contributed by atoms with Gasteiger partial charge < -0.3 is 17.6 Å². The lowest BCUT2D eigenvalue weighted by molar-refractivity contribution is 0.669. The SMILES string of the molecule is c1ccc2c(c1)oc1c(-c3ccc4c(c3)c3c5c6ccccc6n6c7ccc(-c8cccc9c8oc8ccccc89)cc7c(c7c8ccccc8n4c73)c56)cccc12. The van der Waals surface area contributed by atoms with Gasteiger partial charge in [-0.2, -0.15) is 0 Å². The maximum absolute atomic E-state index is 6.58. The fourth-order valence-electron chi connectivity index (χ4n) is 10.9. The number of hydrogen-bond acceptors (Lipinski definition) is 2. The van der Waals surface area contributed by atoms with E-state index < -0.39 is 0 Å². The second-order valence-electron chi connectivity index (χ2n) is 15.9. The first kappa shape index (κ1) is 29.5. The molecule has 0 radical (unpaired) electrons. The number of para-hydroxylation sites is 6. The van der Waals surface area contributed by atoms with Gasteiger partial charge in [-0.25, -0.2) is 0 Å². The molecule has 0 aliphatic rings. The molecule has 0 saturated carbocycles. The molecule has 0 bridgehead atoms. The third kappa shape index (κ3) is 3.38.